The molecule has 0 aliphatic rings. The van der Waals surface area contributed by atoms with Crippen molar-refractivity contribution in [3.63, 3.8) is 0 Å². The number of hydrogen-bond acceptors (Lipinski definition) is 3. The summed E-state index contributed by atoms with van der Waals surface area (Å²) in [4.78, 5) is 13.7. The monoisotopic (exact) mass is 291 g/mol. The van der Waals surface area contributed by atoms with Crippen LogP contribution in [0.1, 0.15) is 43.4 Å². The summed E-state index contributed by atoms with van der Waals surface area (Å²) >= 11 is 0. The highest BCUT2D eigenvalue weighted by Crippen LogP contribution is 2.22. The number of pyridine rings is 3. The van der Waals surface area contributed by atoms with E-state index in [9.17, 15) is 0 Å². The summed E-state index contributed by atoms with van der Waals surface area (Å²) < 4.78 is 0. The summed E-state index contributed by atoms with van der Waals surface area (Å²) in [5.74, 6) is 0. The van der Waals surface area contributed by atoms with Crippen LogP contribution >= 0.6 is 0 Å². The fraction of sp³-hybridized carbons (Fsp3) is 0.316. The highest BCUT2D eigenvalue weighted by molar-refractivity contribution is 5.74. The van der Waals surface area contributed by atoms with Crippen LogP contribution in [0.5, 0.6) is 0 Å². The van der Waals surface area contributed by atoms with Crippen LogP contribution in [0.15, 0.2) is 42.6 Å². The van der Waals surface area contributed by atoms with E-state index in [1.54, 1.807) is 0 Å². The SMILES string of the molecule is Cc1cc(Cc2ccc3nc(C(C)(C)C)ccc3n2)ccn1. The zero-order valence-electron chi connectivity index (χ0n) is 13.6. The largest absolute Gasteiger partial charge is 0.262 e. The number of aryl methyl sites for hydroxylation is 1. The number of aromatic nitrogens is 3. The number of rotatable bonds is 2. The van der Waals surface area contributed by atoms with E-state index in [1.807, 2.05) is 19.2 Å². The molecule has 0 bridgehead atoms. The van der Waals surface area contributed by atoms with E-state index < -0.39 is 0 Å². The average molecular weight is 291 g/mol. The van der Waals surface area contributed by atoms with E-state index in [0.29, 0.717) is 0 Å². The molecule has 0 saturated heterocycles. The van der Waals surface area contributed by atoms with Gasteiger partial charge in [0.05, 0.1) is 11.0 Å². The van der Waals surface area contributed by atoms with Crippen molar-refractivity contribution in [2.45, 2.75) is 39.5 Å². The summed E-state index contributed by atoms with van der Waals surface area (Å²) in [6.07, 6.45) is 2.67. The van der Waals surface area contributed by atoms with Crippen molar-refractivity contribution in [1.29, 1.82) is 0 Å². The molecule has 0 amide bonds. The van der Waals surface area contributed by atoms with Crippen LogP contribution in [0.2, 0.25) is 0 Å². The summed E-state index contributed by atoms with van der Waals surface area (Å²) in [6.45, 7) is 8.54. The van der Waals surface area contributed by atoms with E-state index in [2.05, 4.69) is 56.1 Å². The van der Waals surface area contributed by atoms with Crippen molar-refractivity contribution >= 4 is 11.0 Å². The van der Waals surface area contributed by atoms with Crippen LogP contribution in [-0.2, 0) is 11.8 Å². The first-order valence-corrected chi connectivity index (χ1v) is 7.60. The molecule has 0 unspecified atom stereocenters. The Labute approximate surface area is 131 Å². The van der Waals surface area contributed by atoms with Crippen molar-refractivity contribution in [1.82, 2.24) is 15.0 Å². The molecule has 112 valence electrons. The Bertz CT molecular complexity index is 816. The molecule has 3 aromatic rings. The molecule has 3 rings (SSSR count). The molecule has 0 aliphatic heterocycles. The van der Waals surface area contributed by atoms with E-state index in [-0.39, 0.29) is 5.41 Å². The lowest BCUT2D eigenvalue weighted by molar-refractivity contribution is 0.571. The molecule has 0 N–H and O–H groups in total. The lowest BCUT2D eigenvalue weighted by Gasteiger charge is -2.17. The number of fused-ring (bicyclic) bond motifs is 1. The maximum Gasteiger partial charge on any atom is 0.0890 e. The van der Waals surface area contributed by atoms with Gasteiger partial charge in [-0.3, -0.25) is 15.0 Å². The smallest absolute Gasteiger partial charge is 0.0890 e. The van der Waals surface area contributed by atoms with Gasteiger partial charge in [0.1, 0.15) is 0 Å². The standard InChI is InChI=1S/C19H21N3/c1-13-11-14(9-10-20-13)12-15-5-6-17-16(21-15)7-8-18(22-17)19(2,3)4/h5-11H,12H2,1-4H3. The fourth-order valence-corrected chi connectivity index (χ4v) is 2.49. The molecule has 22 heavy (non-hydrogen) atoms. The Morgan fingerprint density at radius 2 is 1.64 bits per heavy atom. The van der Waals surface area contributed by atoms with Gasteiger partial charge in [-0.1, -0.05) is 20.8 Å². The maximum atomic E-state index is 4.74. The highest BCUT2D eigenvalue weighted by atomic mass is 14.8. The van der Waals surface area contributed by atoms with Gasteiger partial charge in [-0.25, -0.2) is 0 Å². The first-order valence-electron chi connectivity index (χ1n) is 7.60. The van der Waals surface area contributed by atoms with E-state index in [4.69, 9.17) is 9.97 Å². The van der Waals surface area contributed by atoms with Crippen LogP contribution in [0.3, 0.4) is 0 Å². The van der Waals surface area contributed by atoms with Crippen molar-refractivity contribution < 1.29 is 0 Å². The lowest BCUT2D eigenvalue weighted by atomic mass is 9.91. The van der Waals surface area contributed by atoms with Crippen molar-refractivity contribution in [2.24, 2.45) is 0 Å². The fourth-order valence-electron chi connectivity index (χ4n) is 2.49. The zero-order valence-corrected chi connectivity index (χ0v) is 13.6. The maximum absolute atomic E-state index is 4.74. The summed E-state index contributed by atoms with van der Waals surface area (Å²) in [5, 5.41) is 0. The molecule has 0 spiro atoms. The second kappa shape index (κ2) is 5.48. The minimum absolute atomic E-state index is 0.0570. The van der Waals surface area contributed by atoms with Crippen LogP contribution in [0.4, 0.5) is 0 Å². The molecule has 0 saturated carbocycles. The Hall–Kier alpha value is -2.29. The summed E-state index contributed by atoms with van der Waals surface area (Å²) in [7, 11) is 0. The topological polar surface area (TPSA) is 38.7 Å². The molecule has 3 aromatic heterocycles. The Balaban J connectivity index is 1.93. The minimum Gasteiger partial charge on any atom is -0.262 e. The predicted molar refractivity (Wildman–Crippen MR) is 90.0 cm³/mol. The Kier molecular flexibility index (Phi) is 3.65. The van der Waals surface area contributed by atoms with Gasteiger partial charge in [-0.05, 0) is 48.9 Å². The highest BCUT2D eigenvalue weighted by Gasteiger charge is 2.15. The zero-order chi connectivity index (χ0) is 15.7. The number of hydrogen-bond donors (Lipinski definition) is 0. The quantitative estimate of drug-likeness (QED) is 0.709. The van der Waals surface area contributed by atoms with Crippen LogP contribution < -0.4 is 0 Å². The second-order valence-corrected chi connectivity index (χ2v) is 6.77. The predicted octanol–water partition coefficient (Wildman–Crippen LogP) is 4.22. The van der Waals surface area contributed by atoms with Gasteiger partial charge < -0.3 is 0 Å². The van der Waals surface area contributed by atoms with Crippen LogP contribution in [0, 0.1) is 6.92 Å². The molecule has 0 radical (unpaired) electrons. The third-order valence-electron chi connectivity index (χ3n) is 3.71. The van der Waals surface area contributed by atoms with Gasteiger partial charge in [0.2, 0.25) is 0 Å². The first-order chi connectivity index (χ1) is 10.4. The summed E-state index contributed by atoms with van der Waals surface area (Å²) in [6, 6.07) is 12.4. The van der Waals surface area contributed by atoms with Gasteiger partial charge in [0.15, 0.2) is 0 Å². The van der Waals surface area contributed by atoms with Gasteiger partial charge in [0.25, 0.3) is 0 Å². The van der Waals surface area contributed by atoms with Gasteiger partial charge in [-0.2, -0.15) is 0 Å². The van der Waals surface area contributed by atoms with Crippen molar-refractivity contribution in [3.8, 4) is 0 Å². The van der Waals surface area contributed by atoms with Gasteiger partial charge in [0, 0.05) is 35.1 Å². The Morgan fingerprint density at radius 3 is 2.36 bits per heavy atom. The normalized spacial score (nSPS) is 11.8. The van der Waals surface area contributed by atoms with E-state index in [1.165, 1.54) is 5.56 Å². The van der Waals surface area contributed by atoms with E-state index in [0.717, 1.165) is 34.5 Å². The molecule has 3 heteroatoms. The first kappa shape index (κ1) is 14.6. The summed E-state index contributed by atoms with van der Waals surface area (Å²) in [5.41, 5.74) is 6.40. The van der Waals surface area contributed by atoms with Crippen LogP contribution in [-0.4, -0.2) is 15.0 Å². The molecule has 0 fully saturated rings. The lowest BCUT2D eigenvalue weighted by Crippen LogP contribution is -2.13. The van der Waals surface area contributed by atoms with Crippen molar-refractivity contribution in [2.75, 3.05) is 0 Å². The molecule has 0 atom stereocenters. The number of nitrogens with zero attached hydrogens (tertiary/aromatic N) is 3. The van der Waals surface area contributed by atoms with Crippen LogP contribution in [0.25, 0.3) is 11.0 Å². The van der Waals surface area contributed by atoms with Crippen molar-refractivity contribution in [3.05, 3.63) is 65.2 Å². The third kappa shape index (κ3) is 3.14. The molecule has 3 nitrogen and oxygen atoms in total. The van der Waals surface area contributed by atoms with E-state index >= 15 is 0 Å². The third-order valence-corrected chi connectivity index (χ3v) is 3.71. The average Bonchev–Trinajstić information content (AvgIpc) is 2.45. The molecular weight excluding hydrogens is 270 g/mol. The molecular formula is C19H21N3. The second-order valence-electron chi connectivity index (χ2n) is 6.77. The molecule has 0 aromatic carbocycles. The van der Waals surface area contributed by atoms with Gasteiger partial charge >= 0.3 is 0 Å². The van der Waals surface area contributed by atoms with Gasteiger partial charge in [-0.15, -0.1) is 0 Å². The molecule has 0 aliphatic carbocycles. The minimum atomic E-state index is 0.0570. The Morgan fingerprint density at radius 1 is 0.909 bits per heavy atom. The molecule has 3 heterocycles.